The summed E-state index contributed by atoms with van der Waals surface area (Å²) in [6.07, 6.45) is 5.80. The zero-order valence-electron chi connectivity index (χ0n) is 12.4. The number of fused-ring (bicyclic) bond motifs is 1. The maximum Gasteiger partial charge on any atom is 0.311 e. The Bertz CT molecular complexity index is 681. The summed E-state index contributed by atoms with van der Waals surface area (Å²) in [5.41, 5.74) is 1.23. The molecule has 0 amide bonds. The van der Waals surface area contributed by atoms with Crippen molar-refractivity contribution in [3.05, 3.63) is 24.2 Å². The predicted molar refractivity (Wildman–Crippen MR) is 79.5 cm³/mol. The van der Waals surface area contributed by atoms with Crippen molar-refractivity contribution in [2.45, 2.75) is 33.1 Å². The predicted octanol–water partition coefficient (Wildman–Crippen LogP) is 2.12. The third-order valence-electron chi connectivity index (χ3n) is 4.33. The van der Waals surface area contributed by atoms with Gasteiger partial charge in [0.2, 0.25) is 0 Å². The summed E-state index contributed by atoms with van der Waals surface area (Å²) < 4.78 is 1.80. The van der Waals surface area contributed by atoms with E-state index in [-0.39, 0.29) is 0 Å². The molecule has 1 unspecified atom stereocenters. The smallest absolute Gasteiger partial charge is 0.311 e. The molecule has 0 saturated carbocycles. The summed E-state index contributed by atoms with van der Waals surface area (Å²) >= 11 is 0. The Labute approximate surface area is 123 Å². The molecule has 1 atom stereocenters. The molecule has 1 fully saturated rings. The summed E-state index contributed by atoms with van der Waals surface area (Å²) in [6.45, 7) is 5.22. The number of aliphatic carboxylic acids is 1. The molecule has 1 saturated heterocycles. The Morgan fingerprint density at radius 1 is 1.52 bits per heavy atom. The average Bonchev–Trinajstić information content (AvgIpc) is 3.02. The second kappa shape index (κ2) is 5.02. The minimum absolute atomic E-state index is 0.521. The molecule has 2 aromatic heterocycles. The van der Waals surface area contributed by atoms with Gasteiger partial charge in [-0.05, 0) is 25.8 Å². The lowest BCUT2D eigenvalue weighted by Crippen LogP contribution is -2.35. The molecule has 6 heteroatoms. The largest absolute Gasteiger partial charge is 0.481 e. The zero-order chi connectivity index (χ0) is 15.0. The maximum absolute atomic E-state index is 11.7. The fourth-order valence-corrected chi connectivity index (χ4v) is 3.29. The van der Waals surface area contributed by atoms with E-state index in [4.69, 9.17) is 0 Å². The van der Waals surface area contributed by atoms with Crippen LogP contribution in [-0.4, -0.2) is 38.8 Å². The Morgan fingerprint density at radius 3 is 3.05 bits per heavy atom. The number of carboxylic acids is 1. The van der Waals surface area contributed by atoms with E-state index in [1.54, 1.807) is 10.7 Å². The summed E-state index contributed by atoms with van der Waals surface area (Å²) in [6, 6.07) is 1.99. The van der Waals surface area contributed by atoms with Crippen molar-refractivity contribution in [2.24, 2.45) is 5.41 Å². The minimum atomic E-state index is -0.691. The third-order valence-corrected chi connectivity index (χ3v) is 4.33. The first-order valence-corrected chi connectivity index (χ1v) is 7.35. The van der Waals surface area contributed by atoms with Gasteiger partial charge in [-0.2, -0.15) is 5.10 Å². The number of hydrogen-bond acceptors (Lipinski definition) is 4. The van der Waals surface area contributed by atoms with Crippen LogP contribution in [0.3, 0.4) is 0 Å². The van der Waals surface area contributed by atoms with Crippen LogP contribution < -0.4 is 4.90 Å². The molecular weight excluding hydrogens is 268 g/mol. The van der Waals surface area contributed by atoms with Gasteiger partial charge in [0.15, 0.2) is 5.82 Å². The lowest BCUT2D eigenvalue weighted by atomic mass is 9.83. The number of aromatic nitrogens is 3. The van der Waals surface area contributed by atoms with Crippen molar-refractivity contribution in [3.8, 4) is 0 Å². The Hall–Kier alpha value is -2.11. The van der Waals surface area contributed by atoms with Crippen LogP contribution in [0.15, 0.2) is 18.5 Å². The van der Waals surface area contributed by atoms with E-state index in [2.05, 4.69) is 15.0 Å². The third kappa shape index (κ3) is 2.24. The van der Waals surface area contributed by atoms with Crippen LogP contribution in [0.1, 0.15) is 31.9 Å². The van der Waals surface area contributed by atoms with Gasteiger partial charge in [-0.3, -0.25) is 4.79 Å². The highest BCUT2D eigenvalue weighted by Crippen LogP contribution is 2.38. The average molecular weight is 288 g/mol. The van der Waals surface area contributed by atoms with Crippen LogP contribution >= 0.6 is 0 Å². The molecule has 0 aromatic carbocycles. The van der Waals surface area contributed by atoms with Crippen LogP contribution in [0.2, 0.25) is 0 Å². The molecule has 112 valence electrons. The second-order valence-electron chi connectivity index (χ2n) is 5.87. The maximum atomic E-state index is 11.7. The topological polar surface area (TPSA) is 70.7 Å². The quantitative estimate of drug-likeness (QED) is 0.933. The summed E-state index contributed by atoms with van der Waals surface area (Å²) in [5, 5.41) is 14.0. The molecule has 21 heavy (non-hydrogen) atoms. The first kappa shape index (κ1) is 13.9. The number of rotatable bonds is 4. The summed E-state index contributed by atoms with van der Waals surface area (Å²) in [4.78, 5) is 18.2. The van der Waals surface area contributed by atoms with E-state index in [1.807, 2.05) is 26.1 Å². The molecule has 0 bridgehead atoms. The monoisotopic (exact) mass is 288 g/mol. The van der Waals surface area contributed by atoms with Crippen LogP contribution in [0.25, 0.3) is 5.52 Å². The van der Waals surface area contributed by atoms with E-state index < -0.39 is 11.4 Å². The Morgan fingerprint density at radius 2 is 2.33 bits per heavy atom. The molecule has 0 radical (unpaired) electrons. The lowest BCUT2D eigenvalue weighted by molar-refractivity contribution is -0.148. The van der Waals surface area contributed by atoms with Crippen LogP contribution in [0, 0.1) is 12.3 Å². The van der Waals surface area contributed by atoms with Crippen molar-refractivity contribution >= 4 is 17.3 Å². The molecule has 2 aromatic rings. The van der Waals surface area contributed by atoms with Crippen LogP contribution in [0.5, 0.6) is 0 Å². The fraction of sp³-hybridized carbons (Fsp3) is 0.533. The van der Waals surface area contributed by atoms with E-state index >= 15 is 0 Å². The normalized spacial score (nSPS) is 22.1. The van der Waals surface area contributed by atoms with E-state index in [0.29, 0.717) is 19.4 Å². The highest BCUT2D eigenvalue weighted by atomic mass is 16.4. The van der Waals surface area contributed by atoms with Gasteiger partial charge in [-0.1, -0.05) is 13.3 Å². The molecule has 1 aliphatic rings. The summed E-state index contributed by atoms with van der Waals surface area (Å²) in [5.74, 6) is 0.140. The number of anilines is 1. The number of hydrogen-bond donors (Lipinski definition) is 1. The first-order valence-electron chi connectivity index (χ1n) is 7.35. The van der Waals surface area contributed by atoms with Gasteiger partial charge in [0.05, 0.1) is 11.1 Å². The standard InChI is InChI=1S/C15H20N4O2/c1-3-4-15(14(20)21)5-7-18(10-15)13-12-9-11(2)17-19(12)8-6-16-13/h6,8-9H,3-5,7,10H2,1-2H3,(H,20,21). The van der Waals surface area contributed by atoms with E-state index in [9.17, 15) is 9.90 Å². The van der Waals surface area contributed by atoms with Crippen molar-refractivity contribution in [2.75, 3.05) is 18.0 Å². The van der Waals surface area contributed by atoms with Gasteiger partial charge in [-0.25, -0.2) is 9.50 Å². The highest BCUT2D eigenvalue weighted by Gasteiger charge is 2.44. The molecule has 0 spiro atoms. The van der Waals surface area contributed by atoms with Crippen molar-refractivity contribution < 1.29 is 9.90 Å². The first-order chi connectivity index (χ1) is 10.1. The fourth-order valence-electron chi connectivity index (χ4n) is 3.29. The minimum Gasteiger partial charge on any atom is -0.481 e. The number of carboxylic acid groups (broad SMARTS) is 1. The van der Waals surface area contributed by atoms with Crippen molar-refractivity contribution in [1.82, 2.24) is 14.6 Å². The summed E-state index contributed by atoms with van der Waals surface area (Å²) in [7, 11) is 0. The van der Waals surface area contributed by atoms with E-state index in [1.165, 1.54) is 0 Å². The Kier molecular flexibility index (Phi) is 3.31. The molecule has 1 aliphatic heterocycles. The van der Waals surface area contributed by atoms with Gasteiger partial charge in [-0.15, -0.1) is 0 Å². The van der Waals surface area contributed by atoms with Gasteiger partial charge in [0.1, 0.15) is 5.52 Å². The van der Waals surface area contributed by atoms with Gasteiger partial charge in [0.25, 0.3) is 0 Å². The molecular formula is C15H20N4O2. The van der Waals surface area contributed by atoms with Gasteiger partial charge in [0, 0.05) is 25.5 Å². The zero-order valence-corrected chi connectivity index (χ0v) is 12.4. The number of carbonyl (C=O) groups is 1. The highest BCUT2D eigenvalue weighted by molar-refractivity contribution is 5.78. The number of aryl methyl sites for hydroxylation is 1. The second-order valence-corrected chi connectivity index (χ2v) is 5.87. The van der Waals surface area contributed by atoms with Crippen molar-refractivity contribution in [3.63, 3.8) is 0 Å². The van der Waals surface area contributed by atoms with Gasteiger partial charge < -0.3 is 10.0 Å². The van der Waals surface area contributed by atoms with Crippen LogP contribution in [0.4, 0.5) is 5.82 Å². The lowest BCUT2D eigenvalue weighted by Gasteiger charge is -2.24. The van der Waals surface area contributed by atoms with E-state index in [0.717, 1.165) is 30.0 Å². The molecule has 3 heterocycles. The number of nitrogens with zero attached hydrogens (tertiary/aromatic N) is 4. The van der Waals surface area contributed by atoms with Crippen molar-refractivity contribution in [1.29, 1.82) is 0 Å². The molecule has 6 nitrogen and oxygen atoms in total. The SMILES string of the molecule is CCCC1(C(=O)O)CCN(c2nccn3nc(C)cc23)C1. The molecule has 1 N–H and O–H groups in total. The Balaban J connectivity index is 1.96. The van der Waals surface area contributed by atoms with Gasteiger partial charge >= 0.3 is 5.97 Å². The molecule has 0 aliphatic carbocycles. The molecule has 3 rings (SSSR count). The van der Waals surface area contributed by atoms with Crippen LogP contribution in [-0.2, 0) is 4.79 Å².